The van der Waals surface area contributed by atoms with Crippen molar-refractivity contribution in [2.75, 3.05) is 39.9 Å². The molecule has 2 saturated heterocycles. The first-order valence-corrected chi connectivity index (χ1v) is 10.6. The first kappa shape index (κ1) is 19.3. The van der Waals surface area contributed by atoms with Gasteiger partial charge in [-0.15, -0.1) is 0 Å². The molecule has 0 aliphatic carbocycles. The topological polar surface area (TPSA) is 87.7 Å². The number of carbonyl (C=O) groups is 1. The Morgan fingerprint density at radius 1 is 1.27 bits per heavy atom. The third-order valence-electron chi connectivity index (χ3n) is 5.17. The minimum absolute atomic E-state index is 0.178. The minimum Gasteiger partial charge on any atom is -0.381 e. The molecule has 8 heteroatoms. The highest BCUT2D eigenvalue weighted by Crippen LogP contribution is 2.21. The van der Waals surface area contributed by atoms with Crippen LogP contribution >= 0.6 is 0 Å². The fraction of sp³-hybridized carbons (Fsp3) is 0.611. The lowest BCUT2D eigenvalue weighted by atomic mass is 10.1. The van der Waals surface area contributed by atoms with Crippen LogP contribution in [0.15, 0.2) is 29.2 Å². The molecular weight excluding hydrogens is 354 g/mol. The molecule has 3 rings (SSSR count). The van der Waals surface area contributed by atoms with Gasteiger partial charge in [-0.3, -0.25) is 4.79 Å². The average molecular weight is 381 g/mol. The summed E-state index contributed by atoms with van der Waals surface area (Å²) in [6.45, 7) is 2.93. The van der Waals surface area contributed by atoms with Gasteiger partial charge in [0.25, 0.3) is 5.91 Å². The number of sulfonamides is 1. The van der Waals surface area contributed by atoms with Crippen LogP contribution in [-0.2, 0) is 14.8 Å². The van der Waals surface area contributed by atoms with Crippen molar-refractivity contribution in [2.24, 2.45) is 5.92 Å². The molecule has 2 N–H and O–H groups in total. The molecule has 1 atom stereocenters. The second-order valence-corrected chi connectivity index (χ2v) is 8.87. The summed E-state index contributed by atoms with van der Waals surface area (Å²) in [5.41, 5.74) is 0.370. The summed E-state index contributed by atoms with van der Waals surface area (Å²) in [7, 11) is -1.68. The van der Waals surface area contributed by atoms with Crippen LogP contribution in [0.5, 0.6) is 0 Å². The molecule has 0 bridgehead atoms. The number of piperidine rings is 1. The first-order chi connectivity index (χ1) is 12.5. The lowest BCUT2D eigenvalue weighted by Crippen LogP contribution is -2.43. The second-order valence-electron chi connectivity index (χ2n) is 6.93. The molecule has 1 aromatic rings. The molecule has 0 saturated carbocycles. The van der Waals surface area contributed by atoms with E-state index in [1.807, 2.05) is 7.05 Å². The van der Waals surface area contributed by atoms with Crippen molar-refractivity contribution in [2.45, 2.75) is 30.2 Å². The third-order valence-corrected chi connectivity index (χ3v) is 7.07. The molecule has 144 valence electrons. The SMILES string of the molecule is CNC1CCN(S(=O)(=O)c2cccc(C(=O)NC[C@@H]3CCOC3)c2)CC1. The fourth-order valence-electron chi connectivity index (χ4n) is 3.42. The highest BCUT2D eigenvalue weighted by Gasteiger charge is 2.29. The van der Waals surface area contributed by atoms with E-state index in [-0.39, 0.29) is 10.8 Å². The number of nitrogens with one attached hydrogen (secondary N) is 2. The molecule has 0 spiro atoms. The maximum Gasteiger partial charge on any atom is 0.251 e. The van der Waals surface area contributed by atoms with Crippen LogP contribution in [0, 0.1) is 5.92 Å². The number of carbonyl (C=O) groups excluding carboxylic acids is 1. The third kappa shape index (κ3) is 4.43. The monoisotopic (exact) mass is 381 g/mol. The highest BCUT2D eigenvalue weighted by atomic mass is 32.2. The molecule has 2 heterocycles. The summed E-state index contributed by atoms with van der Waals surface area (Å²) in [6, 6.07) is 6.66. The summed E-state index contributed by atoms with van der Waals surface area (Å²) in [6.07, 6.45) is 2.52. The van der Waals surface area contributed by atoms with E-state index in [2.05, 4.69) is 10.6 Å². The van der Waals surface area contributed by atoms with Crippen molar-refractivity contribution in [1.82, 2.24) is 14.9 Å². The zero-order chi connectivity index (χ0) is 18.6. The summed E-state index contributed by atoms with van der Waals surface area (Å²) in [4.78, 5) is 12.5. The van der Waals surface area contributed by atoms with Crippen molar-refractivity contribution in [1.29, 1.82) is 0 Å². The lowest BCUT2D eigenvalue weighted by Gasteiger charge is -2.31. The number of amides is 1. The Morgan fingerprint density at radius 3 is 2.69 bits per heavy atom. The summed E-state index contributed by atoms with van der Waals surface area (Å²) >= 11 is 0. The van der Waals surface area contributed by atoms with Crippen molar-refractivity contribution in [3.8, 4) is 0 Å². The van der Waals surface area contributed by atoms with E-state index in [0.29, 0.717) is 43.8 Å². The largest absolute Gasteiger partial charge is 0.381 e. The van der Waals surface area contributed by atoms with Crippen molar-refractivity contribution in [3.63, 3.8) is 0 Å². The Balaban J connectivity index is 1.66. The smallest absolute Gasteiger partial charge is 0.251 e. The van der Waals surface area contributed by atoms with E-state index in [0.717, 1.165) is 25.9 Å². The molecular formula is C18H27N3O4S. The summed E-state index contributed by atoms with van der Waals surface area (Å²) in [5, 5.41) is 6.07. The molecule has 2 aliphatic rings. The van der Waals surface area contributed by atoms with Gasteiger partial charge in [0, 0.05) is 43.8 Å². The van der Waals surface area contributed by atoms with Gasteiger partial charge in [-0.2, -0.15) is 4.31 Å². The van der Waals surface area contributed by atoms with E-state index in [1.54, 1.807) is 18.2 Å². The normalized spacial score (nSPS) is 22.4. The van der Waals surface area contributed by atoms with Crippen molar-refractivity contribution < 1.29 is 17.9 Å². The maximum absolute atomic E-state index is 12.9. The van der Waals surface area contributed by atoms with Gasteiger partial charge in [-0.1, -0.05) is 6.07 Å². The summed E-state index contributed by atoms with van der Waals surface area (Å²) < 4.78 is 32.6. The van der Waals surface area contributed by atoms with E-state index in [9.17, 15) is 13.2 Å². The Kier molecular flexibility index (Phi) is 6.29. The van der Waals surface area contributed by atoms with Crippen LogP contribution < -0.4 is 10.6 Å². The van der Waals surface area contributed by atoms with Crippen LogP contribution in [0.1, 0.15) is 29.6 Å². The number of nitrogens with zero attached hydrogens (tertiary/aromatic N) is 1. The molecule has 0 aromatic heterocycles. The van der Waals surface area contributed by atoms with Crippen LogP contribution in [0.25, 0.3) is 0 Å². The van der Waals surface area contributed by atoms with Gasteiger partial charge in [0.15, 0.2) is 0 Å². The van der Waals surface area contributed by atoms with Gasteiger partial charge in [-0.25, -0.2) is 8.42 Å². The van der Waals surface area contributed by atoms with Crippen molar-refractivity contribution in [3.05, 3.63) is 29.8 Å². The van der Waals surface area contributed by atoms with Gasteiger partial charge in [-0.05, 0) is 44.5 Å². The molecule has 0 radical (unpaired) electrons. The van der Waals surface area contributed by atoms with Gasteiger partial charge < -0.3 is 15.4 Å². The van der Waals surface area contributed by atoms with Crippen LogP contribution in [0.4, 0.5) is 0 Å². The zero-order valence-electron chi connectivity index (χ0n) is 15.1. The van der Waals surface area contributed by atoms with E-state index < -0.39 is 10.0 Å². The van der Waals surface area contributed by atoms with E-state index >= 15 is 0 Å². The van der Waals surface area contributed by atoms with Gasteiger partial charge in [0.05, 0.1) is 11.5 Å². The molecule has 2 fully saturated rings. The van der Waals surface area contributed by atoms with Gasteiger partial charge in [0.2, 0.25) is 10.0 Å². The molecule has 1 amide bonds. The average Bonchev–Trinajstić information content (AvgIpc) is 3.20. The second kappa shape index (κ2) is 8.47. The van der Waals surface area contributed by atoms with Crippen LogP contribution in [0.2, 0.25) is 0 Å². The predicted molar refractivity (Wildman–Crippen MR) is 98.5 cm³/mol. The van der Waals surface area contributed by atoms with Gasteiger partial charge in [0.1, 0.15) is 0 Å². The lowest BCUT2D eigenvalue weighted by molar-refractivity contribution is 0.0944. The van der Waals surface area contributed by atoms with Crippen molar-refractivity contribution >= 4 is 15.9 Å². The molecule has 1 aromatic carbocycles. The predicted octanol–water partition coefficient (Wildman–Crippen LogP) is 0.825. The van der Waals surface area contributed by atoms with Crippen LogP contribution in [0.3, 0.4) is 0 Å². The molecule has 2 aliphatic heterocycles. The molecule has 26 heavy (non-hydrogen) atoms. The molecule has 0 unspecified atom stereocenters. The number of rotatable bonds is 6. The molecule has 7 nitrogen and oxygen atoms in total. The number of hydrogen-bond donors (Lipinski definition) is 2. The fourth-order valence-corrected chi connectivity index (χ4v) is 4.93. The first-order valence-electron chi connectivity index (χ1n) is 9.14. The Hall–Kier alpha value is -1.48. The Morgan fingerprint density at radius 2 is 2.04 bits per heavy atom. The Labute approximate surface area is 155 Å². The number of hydrogen-bond acceptors (Lipinski definition) is 5. The highest BCUT2D eigenvalue weighted by molar-refractivity contribution is 7.89. The number of ether oxygens (including phenoxy) is 1. The summed E-state index contributed by atoms with van der Waals surface area (Å²) in [5.74, 6) is 0.0853. The maximum atomic E-state index is 12.9. The standard InChI is InChI=1S/C18H27N3O4S/c1-19-16-5-8-21(9-6-16)26(23,24)17-4-2-3-15(11-17)18(22)20-12-14-7-10-25-13-14/h2-4,11,14,16,19H,5-10,12-13H2,1H3,(H,20,22)/t14-/m0/s1. The van der Waals surface area contributed by atoms with Gasteiger partial charge >= 0.3 is 0 Å². The Bertz CT molecular complexity index is 724. The zero-order valence-corrected chi connectivity index (χ0v) is 15.9. The minimum atomic E-state index is -3.57. The quantitative estimate of drug-likeness (QED) is 0.762. The van der Waals surface area contributed by atoms with Crippen LogP contribution in [-0.4, -0.2) is 64.6 Å². The van der Waals surface area contributed by atoms with E-state index in [4.69, 9.17) is 4.74 Å². The van der Waals surface area contributed by atoms with E-state index in [1.165, 1.54) is 10.4 Å². The number of benzene rings is 1.